The molecule has 0 spiro atoms. The van der Waals surface area contributed by atoms with Crippen molar-refractivity contribution >= 4 is 22.9 Å². The van der Waals surface area contributed by atoms with Gasteiger partial charge in [-0.25, -0.2) is 4.98 Å². The van der Waals surface area contributed by atoms with Gasteiger partial charge < -0.3 is 9.88 Å². The lowest BCUT2D eigenvalue weighted by atomic mass is 10.1. The number of nitrogens with zero attached hydrogens (tertiary/aromatic N) is 2. The zero-order valence-electron chi connectivity index (χ0n) is 15.5. The molecule has 0 atom stereocenters. The van der Waals surface area contributed by atoms with Gasteiger partial charge in [0.1, 0.15) is 5.82 Å². The van der Waals surface area contributed by atoms with Crippen molar-refractivity contribution in [2.75, 3.05) is 6.54 Å². The third-order valence-corrected chi connectivity index (χ3v) is 4.33. The number of hydrogen-bond donors (Lipinski definition) is 1. The first-order chi connectivity index (χ1) is 13.8. The Morgan fingerprint density at radius 1 is 1.17 bits per heavy atom. The topological polar surface area (TPSA) is 66.1 Å². The predicted molar refractivity (Wildman–Crippen MR) is 104 cm³/mol. The number of aromatic nitrogens is 2. The first-order valence-electron chi connectivity index (χ1n) is 8.90. The lowest BCUT2D eigenvalue weighted by Crippen LogP contribution is -2.30. The van der Waals surface area contributed by atoms with Crippen molar-refractivity contribution in [2.45, 2.75) is 19.6 Å². The molecule has 3 aromatic rings. The SMILES string of the molecule is CCN(Cc1nc2ccccc2c(=O)[nH]1)C(=O)/C=C/c1cccc(C(F)(F)F)c1. The Kier molecular flexibility index (Phi) is 5.81. The van der Waals surface area contributed by atoms with Crippen molar-refractivity contribution < 1.29 is 18.0 Å². The number of rotatable bonds is 5. The predicted octanol–water partition coefficient (Wildman–Crippen LogP) is 4.00. The highest BCUT2D eigenvalue weighted by molar-refractivity contribution is 5.91. The van der Waals surface area contributed by atoms with E-state index in [0.717, 1.165) is 12.1 Å². The second-order valence-corrected chi connectivity index (χ2v) is 6.34. The van der Waals surface area contributed by atoms with Crippen LogP contribution in [-0.4, -0.2) is 27.3 Å². The zero-order valence-corrected chi connectivity index (χ0v) is 15.5. The number of H-pyrrole nitrogens is 1. The highest BCUT2D eigenvalue weighted by Crippen LogP contribution is 2.29. The van der Waals surface area contributed by atoms with Crippen LogP contribution < -0.4 is 5.56 Å². The molecule has 1 aromatic heterocycles. The van der Waals surface area contributed by atoms with Crippen molar-refractivity contribution in [3.8, 4) is 0 Å². The smallest absolute Gasteiger partial charge is 0.332 e. The molecule has 2 aromatic carbocycles. The molecule has 0 saturated carbocycles. The molecule has 3 rings (SSSR count). The number of fused-ring (bicyclic) bond motifs is 1. The average Bonchev–Trinajstić information content (AvgIpc) is 2.70. The number of halogens is 3. The second kappa shape index (κ2) is 8.30. The Morgan fingerprint density at radius 3 is 2.66 bits per heavy atom. The van der Waals surface area contributed by atoms with Crippen LogP contribution in [0.15, 0.2) is 59.4 Å². The number of alkyl halides is 3. The van der Waals surface area contributed by atoms with Gasteiger partial charge in [-0.1, -0.05) is 24.3 Å². The van der Waals surface area contributed by atoms with E-state index in [1.165, 1.54) is 29.2 Å². The number of para-hydroxylation sites is 1. The fourth-order valence-electron chi connectivity index (χ4n) is 2.83. The fraction of sp³-hybridized carbons (Fsp3) is 0.190. The maximum absolute atomic E-state index is 12.8. The molecular formula is C21H18F3N3O2. The molecule has 0 aliphatic rings. The lowest BCUT2D eigenvalue weighted by molar-refractivity contribution is -0.137. The van der Waals surface area contributed by atoms with Crippen LogP contribution in [0.5, 0.6) is 0 Å². The van der Waals surface area contributed by atoms with Gasteiger partial charge >= 0.3 is 6.18 Å². The van der Waals surface area contributed by atoms with E-state index in [1.807, 2.05) is 0 Å². The van der Waals surface area contributed by atoms with Crippen molar-refractivity contribution in [1.82, 2.24) is 14.9 Å². The highest BCUT2D eigenvalue weighted by Gasteiger charge is 2.30. The number of nitrogens with one attached hydrogen (secondary N) is 1. The quantitative estimate of drug-likeness (QED) is 0.657. The summed E-state index contributed by atoms with van der Waals surface area (Å²) in [4.78, 5) is 33.1. The molecule has 0 bridgehead atoms. The van der Waals surface area contributed by atoms with Crippen molar-refractivity contribution in [3.63, 3.8) is 0 Å². The van der Waals surface area contributed by atoms with Crippen LogP contribution in [0.4, 0.5) is 13.2 Å². The van der Waals surface area contributed by atoms with Gasteiger partial charge in [-0.05, 0) is 42.8 Å². The van der Waals surface area contributed by atoms with Gasteiger partial charge in [-0.2, -0.15) is 13.2 Å². The van der Waals surface area contributed by atoms with Crippen LogP contribution in [0.25, 0.3) is 17.0 Å². The van der Waals surface area contributed by atoms with Gasteiger partial charge in [0.2, 0.25) is 5.91 Å². The summed E-state index contributed by atoms with van der Waals surface area (Å²) < 4.78 is 38.4. The molecule has 0 aliphatic heterocycles. The zero-order chi connectivity index (χ0) is 21.0. The molecule has 5 nitrogen and oxygen atoms in total. The number of likely N-dealkylation sites (N-methyl/N-ethyl adjacent to an activating group) is 1. The van der Waals surface area contributed by atoms with Gasteiger partial charge in [0.15, 0.2) is 0 Å². The molecule has 0 radical (unpaired) electrons. The van der Waals surface area contributed by atoms with Crippen LogP contribution >= 0.6 is 0 Å². The summed E-state index contributed by atoms with van der Waals surface area (Å²) in [5, 5.41) is 0.454. The molecule has 29 heavy (non-hydrogen) atoms. The van der Waals surface area contributed by atoms with E-state index < -0.39 is 17.6 Å². The van der Waals surface area contributed by atoms with Crippen molar-refractivity contribution in [2.24, 2.45) is 0 Å². The minimum absolute atomic E-state index is 0.0718. The largest absolute Gasteiger partial charge is 0.416 e. The van der Waals surface area contributed by atoms with Crippen LogP contribution in [-0.2, 0) is 17.5 Å². The molecule has 150 valence electrons. The average molecular weight is 401 g/mol. The van der Waals surface area contributed by atoms with Crippen LogP contribution in [0.3, 0.4) is 0 Å². The standard InChI is InChI=1S/C21H18F3N3O2/c1-2-27(13-18-25-17-9-4-3-8-16(17)20(29)26-18)19(28)11-10-14-6-5-7-15(12-14)21(22,23)24/h3-12H,2,13H2,1H3,(H,25,26,29)/b11-10+. The van der Waals surface area contributed by atoms with E-state index in [1.54, 1.807) is 31.2 Å². The highest BCUT2D eigenvalue weighted by atomic mass is 19.4. The second-order valence-electron chi connectivity index (χ2n) is 6.34. The summed E-state index contributed by atoms with van der Waals surface area (Å²) >= 11 is 0. The van der Waals surface area contributed by atoms with Gasteiger partial charge in [0.25, 0.3) is 5.56 Å². The van der Waals surface area contributed by atoms with E-state index in [0.29, 0.717) is 23.3 Å². The van der Waals surface area contributed by atoms with Crippen molar-refractivity contribution in [1.29, 1.82) is 0 Å². The van der Waals surface area contributed by atoms with Crippen LogP contribution in [0.2, 0.25) is 0 Å². The normalized spacial score (nSPS) is 11.9. The molecule has 0 unspecified atom stereocenters. The van der Waals surface area contributed by atoms with Gasteiger partial charge in [0.05, 0.1) is 23.0 Å². The van der Waals surface area contributed by atoms with Crippen LogP contribution in [0, 0.1) is 0 Å². The van der Waals surface area contributed by atoms with Crippen LogP contribution in [0.1, 0.15) is 23.9 Å². The summed E-state index contributed by atoms with van der Waals surface area (Å²) in [6.07, 6.45) is -1.91. The van der Waals surface area contributed by atoms with Gasteiger partial charge in [-0.3, -0.25) is 9.59 Å². The number of amides is 1. The number of benzene rings is 2. The fourth-order valence-corrected chi connectivity index (χ4v) is 2.83. The maximum atomic E-state index is 12.8. The molecule has 0 aliphatic carbocycles. The Balaban J connectivity index is 1.78. The minimum atomic E-state index is -4.45. The monoisotopic (exact) mass is 401 g/mol. The Labute approximate surface area is 164 Å². The van der Waals surface area contributed by atoms with E-state index >= 15 is 0 Å². The maximum Gasteiger partial charge on any atom is 0.416 e. The van der Waals surface area contributed by atoms with Gasteiger partial charge in [0, 0.05) is 12.6 Å². The first kappa shape index (κ1) is 20.3. The summed E-state index contributed by atoms with van der Waals surface area (Å²) in [5.74, 6) is -0.0721. The summed E-state index contributed by atoms with van der Waals surface area (Å²) in [7, 11) is 0. The third-order valence-electron chi connectivity index (χ3n) is 4.33. The Hall–Kier alpha value is -3.42. The summed E-state index contributed by atoms with van der Waals surface area (Å²) in [5.41, 5.74) is -0.290. The molecule has 0 fully saturated rings. The molecular weight excluding hydrogens is 383 g/mol. The summed E-state index contributed by atoms with van der Waals surface area (Å²) in [6.45, 7) is 2.17. The molecule has 1 N–H and O–H groups in total. The first-order valence-corrected chi connectivity index (χ1v) is 8.90. The molecule has 1 heterocycles. The molecule has 1 amide bonds. The molecule has 8 heteroatoms. The number of aromatic amines is 1. The van der Waals surface area contributed by atoms with Crippen molar-refractivity contribution in [3.05, 3.63) is 81.9 Å². The molecule has 0 saturated heterocycles. The van der Waals surface area contributed by atoms with E-state index in [4.69, 9.17) is 0 Å². The number of carbonyl (C=O) groups is 1. The summed E-state index contributed by atoms with van der Waals surface area (Å²) in [6, 6.07) is 11.6. The minimum Gasteiger partial charge on any atom is -0.332 e. The Bertz CT molecular complexity index is 1120. The van der Waals surface area contributed by atoms with E-state index in [9.17, 15) is 22.8 Å². The number of hydrogen-bond acceptors (Lipinski definition) is 3. The van der Waals surface area contributed by atoms with E-state index in [-0.39, 0.29) is 17.7 Å². The number of carbonyl (C=O) groups excluding carboxylic acids is 1. The Morgan fingerprint density at radius 2 is 1.93 bits per heavy atom. The van der Waals surface area contributed by atoms with Gasteiger partial charge in [-0.15, -0.1) is 0 Å². The lowest BCUT2D eigenvalue weighted by Gasteiger charge is -2.18. The van der Waals surface area contributed by atoms with E-state index in [2.05, 4.69) is 9.97 Å². The third kappa shape index (κ3) is 4.90.